The Morgan fingerprint density at radius 3 is 3.17 bits per heavy atom. The normalized spacial score (nSPS) is 26.0. The molecule has 1 fully saturated rings. The van der Waals surface area contributed by atoms with Crippen molar-refractivity contribution in [2.24, 2.45) is 0 Å². The fourth-order valence-electron chi connectivity index (χ4n) is 1.23. The van der Waals surface area contributed by atoms with Crippen molar-refractivity contribution < 1.29 is 9.47 Å². The van der Waals surface area contributed by atoms with E-state index >= 15 is 0 Å². The van der Waals surface area contributed by atoms with Gasteiger partial charge in [-0.05, 0) is 6.42 Å². The molecular formula is C8H16ClNO2. The van der Waals surface area contributed by atoms with Gasteiger partial charge in [0.05, 0.1) is 18.6 Å². The van der Waals surface area contributed by atoms with Crippen LogP contribution in [0.5, 0.6) is 0 Å². The van der Waals surface area contributed by atoms with Gasteiger partial charge >= 0.3 is 0 Å². The molecule has 0 amide bonds. The Morgan fingerprint density at radius 2 is 2.58 bits per heavy atom. The molecule has 0 saturated carbocycles. The Morgan fingerprint density at radius 1 is 1.75 bits per heavy atom. The van der Waals surface area contributed by atoms with Crippen molar-refractivity contribution in [3.63, 3.8) is 0 Å². The monoisotopic (exact) mass is 193 g/mol. The van der Waals surface area contributed by atoms with Gasteiger partial charge in [-0.1, -0.05) is 0 Å². The molecule has 1 saturated heterocycles. The smallest absolute Gasteiger partial charge is 0.0694 e. The van der Waals surface area contributed by atoms with Crippen molar-refractivity contribution in [1.29, 1.82) is 0 Å². The Balaban J connectivity index is 1.99. The van der Waals surface area contributed by atoms with Gasteiger partial charge in [0.15, 0.2) is 0 Å². The maximum atomic E-state index is 5.93. The van der Waals surface area contributed by atoms with E-state index in [1.54, 1.807) is 7.11 Å². The first-order valence-electron chi connectivity index (χ1n) is 4.27. The number of halogens is 1. The topological polar surface area (TPSA) is 30.5 Å². The van der Waals surface area contributed by atoms with E-state index in [0.29, 0.717) is 12.6 Å². The van der Waals surface area contributed by atoms with Crippen LogP contribution in [0.25, 0.3) is 0 Å². The van der Waals surface area contributed by atoms with Gasteiger partial charge in [-0.2, -0.15) is 0 Å². The van der Waals surface area contributed by atoms with Crippen LogP contribution in [0.4, 0.5) is 0 Å². The molecule has 0 aliphatic carbocycles. The zero-order chi connectivity index (χ0) is 8.81. The molecule has 0 aromatic rings. The van der Waals surface area contributed by atoms with Crippen LogP contribution in [0.15, 0.2) is 0 Å². The van der Waals surface area contributed by atoms with Crippen LogP contribution in [-0.4, -0.2) is 44.9 Å². The fraction of sp³-hybridized carbons (Fsp3) is 1.00. The molecule has 12 heavy (non-hydrogen) atoms. The first-order chi connectivity index (χ1) is 5.83. The number of nitrogens with one attached hydrogen (secondary N) is 1. The molecule has 0 spiro atoms. The number of methoxy groups -OCH3 is 1. The van der Waals surface area contributed by atoms with E-state index in [9.17, 15) is 0 Å². The summed E-state index contributed by atoms with van der Waals surface area (Å²) in [6.07, 6.45) is 1.09. The molecule has 4 heteroatoms. The Bertz CT molecular complexity index is 118. The van der Waals surface area contributed by atoms with Crippen molar-refractivity contribution in [3.8, 4) is 0 Å². The largest absolute Gasteiger partial charge is 0.383 e. The summed E-state index contributed by atoms with van der Waals surface area (Å²) in [5.41, 5.74) is 0. The second-order valence-electron chi connectivity index (χ2n) is 3.02. The summed E-state index contributed by atoms with van der Waals surface area (Å²) in [6, 6.07) is 0.489. The summed E-state index contributed by atoms with van der Waals surface area (Å²) in [5, 5.41) is 3.39. The van der Waals surface area contributed by atoms with Gasteiger partial charge in [0.25, 0.3) is 0 Å². The minimum atomic E-state index is 0.0654. The summed E-state index contributed by atoms with van der Waals surface area (Å²) in [4.78, 5) is 0. The molecule has 0 bridgehead atoms. The van der Waals surface area contributed by atoms with Crippen LogP contribution in [0, 0.1) is 0 Å². The third-order valence-corrected chi connectivity index (χ3v) is 2.19. The van der Waals surface area contributed by atoms with Crippen molar-refractivity contribution in [2.75, 3.05) is 33.5 Å². The van der Waals surface area contributed by atoms with Crippen LogP contribution >= 0.6 is 11.6 Å². The van der Waals surface area contributed by atoms with Crippen molar-refractivity contribution in [3.05, 3.63) is 0 Å². The molecule has 1 heterocycles. The van der Waals surface area contributed by atoms with Crippen LogP contribution in [-0.2, 0) is 9.47 Å². The molecule has 0 aromatic heterocycles. The Hall–Kier alpha value is 0.170. The maximum absolute atomic E-state index is 5.93. The molecule has 1 aliphatic rings. The van der Waals surface area contributed by atoms with Crippen LogP contribution in [0.1, 0.15) is 6.42 Å². The second kappa shape index (κ2) is 5.75. The lowest BCUT2D eigenvalue weighted by atomic mass is 10.2. The van der Waals surface area contributed by atoms with Crippen molar-refractivity contribution in [1.82, 2.24) is 5.32 Å². The van der Waals surface area contributed by atoms with Gasteiger partial charge in [0.2, 0.25) is 0 Å². The summed E-state index contributed by atoms with van der Waals surface area (Å²) < 4.78 is 10.1. The van der Waals surface area contributed by atoms with Gasteiger partial charge in [-0.3, -0.25) is 0 Å². The minimum absolute atomic E-state index is 0.0654. The molecule has 2 atom stereocenters. The molecule has 3 nitrogen and oxygen atoms in total. The first kappa shape index (κ1) is 10.3. The molecule has 0 aromatic carbocycles. The average molecular weight is 194 g/mol. The molecule has 1 N–H and O–H groups in total. The summed E-state index contributed by atoms with van der Waals surface area (Å²) in [5.74, 6) is 0. The highest BCUT2D eigenvalue weighted by Crippen LogP contribution is 2.04. The van der Waals surface area contributed by atoms with Crippen LogP contribution in [0.3, 0.4) is 0 Å². The maximum Gasteiger partial charge on any atom is 0.0694 e. The van der Waals surface area contributed by atoms with E-state index in [4.69, 9.17) is 21.1 Å². The molecule has 1 rings (SSSR count). The SMILES string of the molecule is COCC(Cl)CNC1CCOC1. The summed E-state index contributed by atoms with van der Waals surface area (Å²) in [6.45, 7) is 3.08. The minimum Gasteiger partial charge on any atom is -0.383 e. The number of hydrogen-bond acceptors (Lipinski definition) is 3. The standard InChI is InChI=1S/C8H16ClNO2/c1-11-5-7(9)4-10-8-2-3-12-6-8/h7-8,10H,2-6H2,1H3. The zero-order valence-corrected chi connectivity index (χ0v) is 8.14. The zero-order valence-electron chi connectivity index (χ0n) is 7.38. The van der Waals surface area contributed by atoms with Gasteiger partial charge in [-0.15, -0.1) is 11.6 Å². The molecule has 0 radical (unpaired) electrons. The van der Waals surface area contributed by atoms with Crippen LogP contribution < -0.4 is 5.32 Å². The predicted octanol–water partition coefficient (Wildman–Crippen LogP) is 0.619. The molecule has 1 aliphatic heterocycles. The lowest BCUT2D eigenvalue weighted by Gasteiger charge is -2.13. The second-order valence-corrected chi connectivity index (χ2v) is 3.64. The van der Waals surface area contributed by atoms with Gasteiger partial charge in [-0.25, -0.2) is 0 Å². The fourth-order valence-corrected chi connectivity index (χ4v) is 1.44. The lowest BCUT2D eigenvalue weighted by molar-refractivity contribution is 0.184. The lowest BCUT2D eigenvalue weighted by Crippen LogP contribution is -2.35. The summed E-state index contributed by atoms with van der Waals surface area (Å²) >= 11 is 5.93. The van der Waals surface area contributed by atoms with Gasteiger partial charge in [0, 0.05) is 26.3 Å². The highest BCUT2D eigenvalue weighted by molar-refractivity contribution is 6.20. The quantitative estimate of drug-likeness (QED) is 0.650. The van der Waals surface area contributed by atoms with E-state index in [-0.39, 0.29) is 5.38 Å². The highest BCUT2D eigenvalue weighted by Gasteiger charge is 2.15. The number of ether oxygens (including phenoxy) is 2. The van der Waals surface area contributed by atoms with E-state index in [1.807, 2.05) is 0 Å². The van der Waals surface area contributed by atoms with Gasteiger partial charge < -0.3 is 14.8 Å². The summed E-state index contributed by atoms with van der Waals surface area (Å²) in [7, 11) is 1.66. The average Bonchev–Trinajstić information content (AvgIpc) is 2.53. The Labute approximate surface area is 78.4 Å². The molecular weight excluding hydrogens is 178 g/mol. The number of hydrogen-bond donors (Lipinski definition) is 1. The predicted molar refractivity (Wildman–Crippen MR) is 48.7 cm³/mol. The third kappa shape index (κ3) is 3.72. The highest BCUT2D eigenvalue weighted by atomic mass is 35.5. The van der Waals surface area contributed by atoms with Crippen LogP contribution in [0.2, 0.25) is 0 Å². The molecule has 2 unspecified atom stereocenters. The van der Waals surface area contributed by atoms with Crippen molar-refractivity contribution in [2.45, 2.75) is 17.8 Å². The molecule has 72 valence electrons. The van der Waals surface area contributed by atoms with Crippen molar-refractivity contribution >= 4 is 11.6 Å². The van der Waals surface area contributed by atoms with E-state index in [0.717, 1.165) is 26.2 Å². The third-order valence-electron chi connectivity index (χ3n) is 1.91. The van der Waals surface area contributed by atoms with E-state index < -0.39 is 0 Å². The number of rotatable bonds is 5. The number of alkyl halides is 1. The van der Waals surface area contributed by atoms with E-state index in [2.05, 4.69) is 5.32 Å². The van der Waals surface area contributed by atoms with Gasteiger partial charge in [0.1, 0.15) is 0 Å². The van der Waals surface area contributed by atoms with E-state index in [1.165, 1.54) is 0 Å². The first-order valence-corrected chi connectivity index (χ1v) is 4.70. The Kier molecular flexibility index (Phi) is 4.92.